The van der Waals surface area contributed by atoms with E-state index >= 15 is 0 Å². The molecule has 0 saturated carbocycles. The van der Waals surface area contributed by atoms with E-state index in [9.17, 15) is 5.11 Å². The van der Waals surface area contributed by atoms with Crippen LogP contribution >= 0.6 is 11.6 Å². The molecule has 0 atom stereocenters. The van der Waals surface area contributed by atoms with E-state index in [1.165, 1.54) is 0 Å². The minimum atomic E-state index is 0.205. The van der Waals surface area contributed by atoms with Gasteiger partial charge in [-0.2, -0.15) is 0 Å². The summed E-state index contributed by atoms with van der Waals surface area (Å²) in [4.78, 5) is 6.89. The van der Waals surface area contributed by atoms with Crippen LogP contribution in [0.15, 0.2) is 18.5 Å². The zero-order valence-electron chi connectivity index (χ0n) is 6.21. The van der Waals surface area contributed by atoms with Gasteiger partial charge in [-0.15, -0.1) is 11.6 Å². The Labute approximate surface area is 74.0 Å². The van der Waals surface area contributed by atoms with Crippen molar-refractivity contribution >= 4 is 22.6 Å². The second-order valence-corrected chi connectivity index (χ2v) is 2.77. The molecule has 3 nitrogen and oxygen atoms in total. The van der Waals surface area contributed by atoms with Crippen molar-refractivity contribution in [3.05, 3.63) is 24.0 Å². The first-order valence-electron chi connectivity index (χ1n) is 3.53. The summed E-state index contributed by atoms with van der Waals surface area (Å²) >= 11 is 5.68. The highest BCUT2D eigenvalue weighted by Gasteiger charge is 2.05. The van der Waals surface area contributed by atoms with E-state index in [-0.39, 0.29) is 5.75 Å². The van der Waals surface area contributed by atoms with Crippen LogP contribution in [0.25, 0.3) is 11.0 Å². The average molecular weight is 183 g/mol. The highest BCUT2D eigenvalue weighted by Crippen LogP contribution is 2.24. The fourth-order valence-corrected chi connectivity index (χ4v) is 1.40. The first-order valence-corrected chi connectivity index (χ1v) is 4.06. The quantitative estimate of drug-likeness (QED) is 0.663. The van der Waals surface area contributed by atoms with Gasteiger partial charge in [-0.05, 0) is 11.6 Å². The number of hydrogen-bond donors (Lipinski definition) is 2. The van der Waals surface area contributed by atoms with Gasteiger partial charge in [0.05, 0.1) is 11.8 Å². The molecule has 0 radical (unpaired) electrons. The lowest BCUT2D eigenvalue weighted by Crippen LogP contribution is -1.80. The molecular weight excluding hydrogens is 176 g/mol. The fraction of sp³-hybridized carbons (Fsp3) is 0.125. The molecule has 1 heterocycles. The Morgan fingerprint density at radius 3 is 3.08 bits per heavy atom. The van der Waals surface area contributed by atoms with Gasteiger partial charge in [0.2, 0.25) is 0 Å². The van der Waals surface area contributed by atoms with Crippen molar-refractivity contribution in [3.63, 3.8) is 0 Å². The number of nitrogens with zero attached hydrogens (tertiary/aromatic N) is 1. The van der Waals surface area contributed by atoms with Crippen molar-refractivity contribution < 1.29 is 5.11 Å². The molecule has 0 aliphatic rings. The molecule has 12 heavy (non-hydrogen) atoms. The number of aromatic amines is 1. The Morgan fingerprint density at radius 2 is 2.33 bits per heavy atom. The highest BCUT2D eigenvalue weighted by molar-refractivity contribution is 6.17. The number of alkyl halides is 1. The van der Waals surface area contributed by atoms with E-state index in [0.717, 1.165) is 11.1 Å². The molecule has 4 heteroatoms. The number of H-pyrrole nitrogens is 1. The van der Waals surface area contributed by atoms with Crippen molar-refractivity contribution in [2.24, 2.45) is 0 Å². The number of imidazole rings is 1. The van der Waals surface area contributed by atoms with Crippen LogP contribution in [0.4, 0.5) is 0 Å². The van der Waals surface area contributed by atoms with Crippen LogP contribution in [0, 0.1) is 0 Å². The average Bonchev–Trinajstić information content (AvgIpc) is 2.54. The summed E-state index contributed by atoms with van der Waals surface area (Å²) in [6, 6.07) is 3.38. The number of nitrogens with one attached hydrogen (secondary N) is 1. The third kappa shape index (κ3) is 0.940. The molecule has 2 rings (SSSR count). The van der Waals surface area contributed by atoms with Crippen molar-refractivity contribution in [2.75, 3.05) is 0 Å². The Hall–Kier alpha value is -1.22. The van der Waals surface area contributed by atoms with Crippen LogP contribution in [0.1, 0.15) is 5.56 Å². The summed E-state index contributed by atoms with van der Waals surface area (Å²) in [6.45, 7) is 0. The largest absolute Gasteiger partial charge is 0.506 e. The lowest BCUT2D eigenvalue weighted by molar-refractivity contribution is 0.480. The van der Waals surface area contributed by atoms with Gasteiger partial charge in [-0.1, -0.05) is 6.07 Å². The number of aromatic hydroxyl groups is 1. The molecule has 0 saturated heterocycles. The van der Waals surface area contributed by atoms with Gasteiger partial charge >= 0.3 is 0 Å². The standard InChI is InChI=1S/C8H7ClN2O/c9-3-5-1-2-6(12)8-7(5)10-4-11-8/h1-2,4,12H,3H2,(H,10,11). The number of aromatic nitrogens is 2. The van der Waals surface area contributed by atoms with Crippen LogP contribution in [-0.2, 0) is 5.88 Å². The van der Waals surface area contributed by atoms with Crippen LogP contribution in [0.3, 0.4) is 0 Å². The molecule has 0 aliphatic heterocycles. The van der Waals surface area contributed by atoms with E-state index in [2.05, 4.69) is 9.97 Å². The number of hydrogen-bond acceptors (Lipinski definition) is 2. The molecule has 1 aromatic heterocycles. The first kappa shape index (κ1) is 7.43. The number of rotatable bonds is 1. The maximum absolute atomic E-state index is 9.37. The van der Waals surface area contributed by atoms with Crippen molar-refractivity contribution in [1.29, 1.82) is 0 Å². The van der Waals surface area contributed by atoms with Crippen LogP contribution in [0.5, 0.6) is 5.75 Å². The second-order valence-electron chi connectivity index (χ2n) is 2.50. The summed E-state index contributed by atoms with van der Waals surface area (Å²) in [7, 11) is 0. The smallest absolute Gasteiger partial charge is 0.141 e. The fourth-order valence-electron chi connectivity index (χ4n) is 1.18. The molecule has 0 unspecified atom stereocenters. The Bertz CT molecular complexity index is 410. The van der Waals surface area contributed by atoms with Gasteiger partial charge in [0, 0.05) is 5.88 Å². The normalized spacial score (nSPS) is 10.8. The van der Waals surface area contributed by atoms with Gasteiger partial charge in [-0.3, -0.25) is 0 Å². The maximum Gasteiger partial charge on any atom is 0.141 e. The third-order valence-electron chi connectivity index (χ3n) is 1.79. The monoisotopic (exact) mass is 182 g/mol. The molecule has 0 spiro atoms. The zero-order chi connectivity index (χ0) is 8.55. The molecule has 0 aliphatic carbocycles. The van der Waals surface area contributed by atoms with Gasteiger partial charge in [0.1, 0.15) is 11.3 Å². The molecule has 62 valence electrons. The lowest BCUT2D eigenvalue weighted by atomic mass is 10.2. The minimum absolute atomic E-state index is 0.205. The number of benzene rings is 1. The molecule has 1 aromatic carbocycles. The summed E-state index contributed by atoms with van der Waals surface area (Å²) in [5.74, 6) is 0.609. The predicted molar refractivity (Wildman–Crippen MR) is 47.3 cm³/mol. The van der Waals surface area contributed by atoms with Gasteiger partial charge in [0.25, 0.3) is 0 Å². The summed E-state index contributed by atoms with van der Waals surface area (Å²) in [6.07, 6.45) is 1.54. The van der Waals surface area contributed by atoms with E-state index < -0.39 is 0 Å². The second kappa shape index (κ2) is 2.68. The van der Waals surface area contributed by atoms with Gasteiger partial charge < -0.3 is 10.1 Å². The van der Waals surface area contributed by atoms with Crippen molar-refractivity contribution in [3.8, 4) is 5.75 Å². The molecule has 0 amide bonds. The topological polar surface area (TPSA) is 48.9 Å². The highest BCUT2D eigenvalue weighted by atomic mass is 35.5. The first-order chi connectivity index (χ1) is 5.83. The van der Waals surface area contributed by atoms with E-state index in [1.54, 1.807) is 18.5 Å². The van der Waals surface area contributed by atoms with E-state index in [1.807, 2.05) is 0 Å². The van der Waals surface area contributed by atoms with Crippen molar-refractivity contribution in [2.45, 2.75) is 5.88 Å². The zero-order valence-corrected chi connectivity index (χ0v) is 6.97. The van der Waals surface area contributed by atoms with Crippen LogP contribution in [0.2, 0.25) is 0 Å². The molecule has 0 bridgehead atoms. The van der Waals surface area contributed by atoms with E-state index in [4.69, 9.17) is 11.6 Å². The van der Waals surface area contributed by atoms with Crippen LogP contribution < -0.4 is 0 Å². The minimum Gasteiger partial charge on any atom is -0.506 e. The van der Waals surface area contributed by atoms with Crippen molar-refractivity contribution in [1.82, 2.24) is 9.97 Å². The molecular formula is C8H7ClN2O. The van der Waals surface area contributed by atoms with Gasteiger partial charge in [-0.25, -0.2) is 4.98 Å². The number of phenols is 1. The predicted octanol–water partition coefficient (Wildman–Crippen LogP) is 2.01. The molecule has 2 aromatic rings. The van der Waals surface area contributed by atoms with Crippen LogP contribution in [-0.4, -0.2) is 15.1 Å². The summed E-state index contributed by atoms with van der Waals surface area (Å²) < 4.78 is 0. The third-order valence-corrected chi connectivity index (χ3v) is 2.07. The Kier molecular flexibility index (Phi) is 1.66. The number of fused-ring (bicyclic) bond motifs is 1. The molecule has 2 N–H and O–H groups in total. The number of halogens is 1. The van der Waals surface area contributed by atoms with E-state index in [0.29, 0.717) is 11.4 Å². The molecule has 0 fully saturated rings. The number of phenolic OH excluding ortho intramolecular Hbond substituents is 1. The Balaban J connectivity index is 2.82. The SMILES string of the molecule is Oc1ccc(CCl)c2nc[nH]c12. The van der Waals surface area contributed by atoms with Gasteiger partial charge in [0.15, 0.2) is 0 Å². The summed E-state index contributed by atoms with van der Waals surface area (Å²) in [5.41, 5.74) is 2.31. The Morgan fingerprint density at radius 1 is 1.50 bits per heavy atom. The lowest BCUT2D eigenvalue weighted by Gasteiger charge is -1.97. The maximum atomic E-state index is 9.37. The summed E-state index contributed by atoms with van der Waals surface area (Å²) in [5, 5.41) is 9.37.